The molecule has 0 aliphatic heterocycles. The van der Waals surface area contributed by atoms with Crippen LogP contribution in [0.1, 0.15) is 5.69 Å². The maximum atomic E-state index is 12.0. The smallest absolute Gasteiger partial charge is 0.263 e. The second kappa shape index (κ2) is 6.79. The van der Waals surface area contributed by atoms with Crippen LogP contribution in [0.3, 0.4) is 0 Å². The fourth-order valence-corrected chi connectivity index (χ4v) is 2.87. The Morgan fingerprint density at radius 2 is 1.96 bits per heavy atom. The maximum absolute atomic E-state index is 12.0. The molecule has 0 aliphatic carbocycles. The molecule has 0 atom stereocenters. The number of hydrogen-bond acceptors (Lipinski definition) is 3. The third-order valence-electron chi connectivity index (χ3n) is 3.34. The van der Waals surface area contributed by atoms with Gasteiger partial charge in [0.05, 0.1) is 4.47 Å². The molecule has 5 heteroatoms. The molecular formula is C18H15BrN2O2. The second-order valence-electron chi connectivity index (χ2n) is 5.10. The molecule has 3 rings (SSSR count). The number of carbonyl (C=O) groups is 1. The number of nitrogens with zero attached hydrogens (tertiary/aromatic N) is 1. The van der Waals surface area contributed by atoms with Gasteiger partial charge in [-0.1, -0.05) is 36.4 Å². The minimum atomic E-state index is -0.247. The molecule has 1 amide bonds. The Kier molecular flexibility index (Phi) is 4.57. The predicted octanol–water partition coefficient (Wildman–Crippen LogP) is 4.32. The van der Waals surface area contributed by atoms with Crippen LogP contribution in [-0.4, -0.2) is 17.5 Å². The Labute approximate surface area is 142 Å². The molecule has 0 saturated heterocycles. The zero-order chi connectivity index (χ0) is 16.2. The summed E-state index contributed by atoms with van der Waals surface area (Å²) in [5, 5.41) is 4.88. The standard InChI is InChI=1S/C18H15BrN2O2/c1-12-5-4-8-16(20-12)21-17(22)11-23-15-10-9-13-6-2-3-7-14(13)18(15)19/h2-10H,11H2,1H3,(H,20,21,22). The van der Waals surface area contributed by atoms with E-state index in [0.29, 0.717) is 11.6 Å². The van der Waals surface area contributed by atoms with Crippen molar-refractivity contribution in [1.29, 1.82) is 0 Å². The van der Waals surface area contributed by atoms with Gasteiger partial charge in [-0.15, -0.1) is 0 Å². The zero-order valence-corrected chi connectivity index (χ0v) is 14.1. The Morgan fingerprint density at radius 1 is 1.13 bits per heavy atom. The van der Waals surface area contributed by atoms with E-state index in [1.807, 2.05) is 55.5 Å². The van der Waals surface area contributed by atoms with Crippen molar-refractivity contribution < 1.29 is 9.53 Å². The molecule has 23 heavy (non-hydrogen) atoms. The number of ether oxygens (including phenoxy) is 1. The van der Waals surface area contributed by atoms with Gasteiger partial charge in [0, 0.05) is 5.69 Å². The first-order chi connectivity index (χ1) is 11.1. The summed E-state index contributed by atoms with van der Waals surface area (Å²) >= 11 is 3.54. The summed E-state index contributed by atoms with van der Waals surface area (Å²) in [4.78, 5) is 16.2. The van der Waals surface area contributed by atoms with Crippen molar-refractivity contribution in [1.82, 2.24) is 4.98 Å². The molecule has 2 aromatic carbocycles. The first-order valence-corrected chi connectivity index (χ1v) is 7.96. The molecule has 0 aliphatic rings. The van der Waals surface area contributed by atoms with Crippen molar-refractivity contribution in [2.75, 3.05) is 11.9 Å². The zero-order valence-electron chi connectivity index (χ0n) is 12.5. The number of rotatable bonds is 4. The fraction of sp³-hybridized carbons (Fsp3) is 0.111. The van der Waals surface area contributed by atoms with Crippen molar-refractivity contribution in [3.05, 3.63) is 64.8 Å². The van der Waals surface area contributed by atoms with Gasteiger partial charge in [0.15, 0.2) is 6.61 Å². The molecule has 0 fully saturated rings. The van der Waals surface area contributed by atoms with Crippen LogP contribution in [0.25, 0.3) is 10.8 Å². The van der Waals surface area contributed by atoms with Gasteiger partial charge in [0.25, 0.3) is 5.91 Å². The van der Waals surface area contributed by atoms with E-state index in [1.54, 1.807) is 6.07 Å². The van der Waals surface area contributed by atoms with Crippen molar-refractivity contribution in [2.45, 2.75) is 6.92 Å². The summed E-state index contributed by atoms with van der Waals surface area (Å²) in [5.41, 5.74) is 0.848. The SMILES string of the molecule is Cc1cccc(NC(=O)COc2ccc3ccccc3c2Br)n1. The molecular weight excluding hydrogens is 356 g/mol. The van der Waals surface area contributed by atoms with Crippen molar-refractivity contribution in [2.24, 2.45) is 0 Å². The lowest BCUT2D eigenvalue weighted by Crippen LogP contribution is -2.21. The number of aryl methyl sites for hydroxylation is 1. The van der Waals surface area contributed by atoms with E-state index < -0.39 is 0 Å². The normalized spacial score (nSPS) is 10.5. The van der Waals surface area contributed by atoms with Crippen molar-refractivity contribution in [3.8, 4) is 5.75 Å². The minimum absolute atomic E-state index is 0.0768. The summed E-state index contributed by atoms with van der Waals surface area (Å²) < 4.78 is 6.47. The van der Waals surface area contributed by atoms with Gasteiger partial charge >= 0.3 is 0 Å². The number of hydrogen-bond donors (Lipinski definition) is 1. The molecule has 3 aromatic rings. The number of pyridine rings is 1. The monoisotopic (exact) mass is 370 g/mol. The third kappa shape index (κ3) is 3.68. The summed E-state index contributed by atoms with van der Waals surface area (Å²) in [7, 11) is 0. The van der Waals surface area contributed by atoms with Crippen LogP contribution < -0.4 is 10.1 Å². The minimum Gasteiger partial charge on any atom is -0.483 e. The molecule has 1 aromatic heterocycles. The van der Waals surface area contributed by atoms with Crippen LogP contribution >= 0.6 is 15.9 Å². The highest BCUT2D eigenvalue weighted by Crippen LogP contribution is 2.32. The van der Waals surface area contributed by atoms with Gasteiger partial charge in [-0.25, -0.2) is 4.98 Å². The highest BCUT2D eigenvalue weighted by molar-refractivity contribution is 9.10. The Balaban J connectivity index is 1.68. The van der Waals surface area contributed by atoms with E-state index in [1.165, 1.54) is 0 Å². The predicted molar refractivity (Wildman–Crippen MR) is 94.7 cm³/mol. The molecule has 0 radical (unpaired) electrons. The fourth-order valence-electron chi connectivity index (χ4n) is 2.26. The van der Waals surface area contributed by atoms with Crippen LogP contribution in [0.5, 0.6) is 5.75 Å². The first kappa shape index (κ1) is 15.5. The molecule has 1 heterocycles. The molecule has 0 saturated carbocycles. The van der Waals surface area contributed by atoms with E-state index in [0.717, 1.165) is 20.9 Å². The second-order valence-corrected chi connectivity index (χ2v) is 5.89. The van der Waals surface area contributed by atoms with E-state index in [4.69, 9.17) is 4.74 Å². The van der Waals surface area contributed by atoms with Gasteiger partial charge in [-0.2, -0.15) is 0 Å². The quantitative estimate of drug-likeness (QED) is 0.743. The van der Waals surface area contributed by atoms with Crippen LogP contribution in [-0.2, 0) is 4.79 Å². The number of nitrogens with one attached hydrogen (secondary N) is 1. The number of halogens is 1. The largest absolute Gasteiger partial charge is 0.483 e. The molecule has 4 nitrogen and oxygen atoms in total. The molecule has 116 valence electrons. The average Bonchev–Trinajstić information content (AvgIpc) is 2.54. The van der Waals surface area contributed by atoms with Crippen molar-refractivity contribution >= 4 is 38.4 Å². The lowest BCUT2D eigenvalue weighted by Gasteiger charge is -2.10. The van der Waals surface area contributed by atoms with Crippen LogP contribution in [0, 0.1) is 6.92 Å². The average molecular weight is 371 g/mol. The number of amides is 1. The van der Waals surface area contributed by atoms with Gasteiger partial charge < -0.3 is 10.1 Å². The number of fused-ring (bicyclic) bond motifs is 1. The molecule has 0 unspecified atom stereocenters. The highest BCUT2D eigenvalue weighted by Gasteiger charge is 2.09. The van der Waals surface area contributed by atoms with E-state index in [9.17, 15) is 4.79 Å². The van der Waals surface area contributed by atoms with Crippen LogP contribution in [0.4, 0.5) is 5.82 Å². The first-order valence-electron chi connectivity index (χ1n) is 7.17. The van der Waals surface area contributed by atoms with Gasteiger partial charge in [-0.3, -0.25) is 4.79 Å². The van der Waals surface area contributed by atoms with Gasteiger partial charge in [0.2, 0.25) is 0 Å². The van der Waals surface area contributed by atoms with Gasteiger partial charge in [-0.05, 0) is 51.8 Å². The Morgan fingerprint density at radius 3 is 2.78 bits per heavy atom. The summed E-state index contributed by atoms with van der Waals surface area (Å²) in [6, 6.07) is 17.3. The summed E-state index contributed by atoms with van der Waals surface area (Å²) in [5.74, 6) is 0.912. The lowest BCUT2D eigenvalue weighted by atomic mass is 10.1. The van der Waals surface area contributed by atoms with Gasteiger partial charge in [0.1, 0.15) is 11.6 Å². The molecule has 0 spiro atoms. The Hall–Kier alpha value is -2.40. The maximum Gasteiger partial charge on any atom is 0.263 e. The van der Waals surface area contributed by atoms with Crippen molar-refractivity contribution in [3.63, 3.8) is 0 Å². The number of carbonyl (C=O) groups excluding carboxylic acids is 1. The van der Waals surface area contributed by atoms with Crippen LogP contribution in [0.15, 0.2) is 59.1 Å². The lowest BCUT2D eigenvalue weighted by molar-refractivity contribution is -0.118. The third-order valence-corrected chi connectivity index (χ3v) is 4.16. The van der Waals surface area contributed by atoms with Crippen LogP contribution in [0.2, 0.25) is 0 Å². The molecule has 0 bridgehead atoms. The summed E-state index contributed by atoms with van der Waals surface area (Å²) in [6.45, 7) is 1.80. The van der Waals surface area contributed by atoms with E-state index >= 15 is 0 Å². The van der Waals surface area contributed by atoms with E-state index in [2.05, 4.69) is 26.2 Å². The Bertz CT molecular complexity index is 865. The highest BCUT2D eigenvalue weighted by atomic mass is 79.9. The summed E-state index contributed by atoms with van der Waals surface area (Å²) in [6.07, 6.45) is 0. The van der Waals surface area contributed by atoms with E-state index in [-0.39, 0.29) is 12.5 Å². The number of anilines is 1. The number of benzene rings is 2. The number of aromatic nitrogens is 1. The topological polar surface area (TPSA) is 51.2 Å². The molecule has 1 N–H and O–H groups in total.